The van der Waals surface area contributed by atoms with Crippen LogP contribution in [0.15, 0.2) is 47.7 Å². The van der Waals surface area contributed by atoms with E-state index in [9.17, 15) is 35.0 Å². The molecule has 1 aromatic carbocycles. The monoisotopic (exact) mass is 558 g/mol. The molecule has 3 unspecified atom stereocenters. The van der Waals surface area contributed by atoms with Gasteiger partial charge in [-0.05, 0) is 31.2 Å². The van der Waals surface area contributed by atoms with Gasteiger partial charge in [-0.15, -0.1) is 0 Å². The van der Waals surface area contributed by atoms with Gasteiger partial charge in [0.25, 0.3) is 5.97 Å². The molecule has 218 valence electrons. The van der Waals surface area contributed by atoms with Gasteiger partial charge in [-0.1, -0.05) is 44.2 Å². The third-order valence-corrected chi connectivity index (χ3v) is 6.77. The molecule has 0 aromatic heterocycles. The highest BCUT2D eigenvalue weighted by Crippen LogP contribution is 2.31. The van der Waals surface area contributed by atoms with Gasteiger partial charge in [0.15, 0.2) is 5.60 Å². The van der Waals surface area contributed by atoms with Crippen molar-refractivity contribution in [2.24, 2.45) is 10.9 Å². The Morgan fingerprint density at radius 3 is 2.48 bits per heavy atom. The maximum Gasteiger partial charge on any atom is 0.545 e. The van der Waals surface area contributed by atoms with Crippen LogP contribution in [-0.2, 0) is 30.1 Å². The molecule has 1 fully saturated rings. The van der Waals surface area contributed by atoms with E-state index in [4.69, 9.17) is 9.31 Å². The molecule has 3 N–H and O–H groups in total. The number of aliphatic imine (C=N–C) groups is 1. The van der Waals surface area contributed by atoms with E-state index >= 15 is 0 Å². The van der Waals surface area contributed by atoms with Crippen LogP contribution in [0.3, 0.4) is 0 Å². The number of hydrogen-bond acceptors (Lipinski definition) is 11. The van der Waals surface area contributed by atoms with Gasteiger partial charge in [-0.25, -0.2) is 4.79 Å². The Morgan fingerprint density at radius 1 is 1.20 bits per heavy atom. The zero-order chi connectivity index (χ0) is 29.5. The Balaban J connectivity index is 1.87. The Kier molecular flexibility index (Phi) is 10.4. The second-order valence-electron chi connectivity index (χ2n) is 10.9. The summed E-state index contributed by atoms with van der Waals surface area (Å²) >= 11 is 0. The number of nitrogens with zero attached hydrogens (tertiary/aromatic N) is 3. The molecule has 1 aromatic rings. The summed E-state index contributed by atoms with van der Waals surface area (Å²) in [5, 5.41) is 50.8. The van der Waals surface area contributed by atoms with Crippen LogP contribution < -0.4 is 5.32 Å². The minimum atomic E-state index is -2.38. The quantitative estimate of drug-likeness (QED) is 0.222. The van der Waals surface area contributed by atoms with Gasteiger partial charge in [-0.3, -0.25) is 14.6 Å². The molecule has 2 aliphatic heterocycles. The molecule has 1 saturated heterocycles. The standard InChI is InChI=1S/C26H35BN4O9/c1-18(2)11-21(27-39-23(34)14-26(40-27,24(35)36)13-22(32)33)30(37)15-20(12-19-7-5-4-6-8-19)31(38)17-25(3)16-28-9-10-29-25/h4-10,16,18,20-21,29H,11-15,17H2,1-3H3,(H,32,33)(H,35,36)/q-2/t20-,21?,25?,26?/m0/s1. The van der Waals surface area contributed by atoms with Crippen molar-refractivity contribution in [3.8, 4) is 0 Å². The number of carboxylic acids is 2. The molecule has 0 aliphatic carbocycles. The molecule has 3 rings (SSSR count). The van der Waals surface area contributed by atoms with Crippen molar-refractivity contribution in [2.45, 2.75) is 69.6 Å². The van der Waals surface area contributed by atoms with Crippen LogP contribution in [0.2, 0.25) is 0 Å². The van der Waals surface area contributed by atoms with Crippen LogP contribution in [0.1, 0.15) is 45.6 Å². The van der Waals surface area contributed by atoms with E-state index in [1.807, 2.05) is 44.2 Å². The molecule has 0 bridgehead atoms. The fraction of sp³-hybridized carbons (Fsp3) is 0.538. The highest BCUT2D eigenvalue weighted by Gasteiger charge is 2.54. The average Bonchev–Trinajstić information content (AvgIpc) is 2.86. The lowest BCUT2D eigenvalue weighted by Gasteiger charge is -2.49. The van der Waals surface area contributed by atoms with Crippen LogP contribution in [0, 0.1) is 16.3 Å². The zero-order valence-corrected chi connectivity index (χ0v) is 22.8. The van der Waals surface area contributed by atoms with Gasteiger partial charge in [0.2, 0.25) is 0 Å². The summed E-state index contributed by atoms with van der Waals surface area (Å²) in [5.41, 5.74) is -2.34. The zero-order valence-electron chi connectivity index (χ0n) is 22.8. The van der Waals surface area contributed by atoms with Gasteiger partial charge in [-0.2, -0.15) is 0 Å². The van der Waals surface area contributed by atoms with Crippen molar-refractivity contribution < 1.29 is 33.9 Å². The first-order chi connectivity index (χ1) is 18.8. The lowest BCUT2D eigenvalue weighted by molar-refractivity contribution is -0.175. The summed E-state index contributed by atoms with van der Waals surface area (Å²) in [4.78, 5) is 40.0. The molecule has 13 nitrogen and oxygen atoms in total. The summed E-state index contributed by atoms with van der Waals surface area (Å²) in [6.07, 6.45) is 3.33. The number of aliphatic carboxylic acids is 2. The predicted octanol–water partition coefficient (Wildman–Crippen LogP) is 1.80. The minimum absolute atomic E-state index is 0.0311. The summed E-state index contributed by atoms with van der Waals surface area (Å²) in [6, 6.07) is 8.31. The van der Waals surface area contributed by atoms with Gasteiger partial charge < -0.3 is 45.4 Å². The van der Waals surface area contributed by atoms with E-state index in [1.54, 1.807) is 25.5 Å². The number of hydroxylamine groups is 4. The van der Waals surface area contributed by atoms with Crippen LogP contribution in [0.25, 0.3) is 0 Å². The van der Waals surface area contributed by atoms with Crippen molar-refractivity contribution >= 4 is 31.2 Å². The van der Waals surface area contributed by atoms with E-state index in [2.05, 4.69) is 10.3 Å². The average molecular weight is 558 g/mol. The van der Waals surface area contributed by atoms with E-state index in [-0.39, 0.29) is 31.8 Å². The third kappa shape index (κ3) is 8.35. The Hall–Kier alpha value is -3.30. The number of rotatable bonds is 14. The van der Waals surface area contributed by atoms with E-state index in [0.717, 1.165) is 10.6 Å². The topological polar surface area (TPSA) is 187 Å². The van der Waals surface area contributed by atoms with Crippen molar-refractivity contribution in [1.82, 2.24) is 15.4 Å². The van der Waals surface area contributed by atoms with Gasteiger partial charge >= 0.3 is 19.1 Å². The molecule has 2 heterocycles. The molecular weight excluding hydrogens is 523 g/mol. The van der Waals surface area contributed by atoms with E-state index in [0.29, 0.717) is 5.06 Å². The first-order valence-electron chi connectivity index (χ1n) is 13.0. The fourth-order valence-corrected chi connectivity index (χ4v) is 4.79. The lowest BCUT2D eigenvalue weighted by Crippen LogP contribution is -2.61. The number of carboxylic acid groups (broad SMARTS) is 2. The Bertz CT molecular complexity index is 1100. The normalized spacial score (nSPS) is 24.2. The summed E-state index contributed by atoms with van der Waals surface area (Å²) in [6.45, 7) is 5.07. The summed E-state index contributed by atoms with van der Waals surface area (Å²) < 4.78 is 10.9. The Morgan fingerprint density at radius 2 is 1.90 bits per heavy atom. The number of carbonyl (C=O) groups excluding carboxylic acids is 1. The third-order valence-electron chi connectivity index (χ3n) is 6.77. The maximum atomic E-state index is 13.7. The van der Waals surface area contributed by atoms with E-state index < -0.39 is 61.0 Å². The number of hydrogen-bond donors (Lipinski definition) is 3. The molecule has 14 heteroatoms. The molecule has 0 amide bonds. The van der Waals surface area contributed by atoms with Crippen LogP contribution in [-0.4, -0.2) is 87.8 Å². The maximum absolute atomic E-state index is 13.7. The summed E-state index contributed by atoms with van der Waals surface area (Å²) in [7, 11) is -1.65. The molecular formula is C26H35BN4O9-2. The van der Waals surface area contributed by atoms with Crippen LogP contribution in [0.5, 0.6) is 0 Å². The fourth-order valence-electron chi connectivity index (χ4n) is 4.79. The highest BCUT2D eigenvalue weighted by atomic mass is 16.7. The number of benzene rings is 1. The molecule has 0 saturated carbocycles. The second-order valence-corrected chi connectivity index (χ2v) is 10.9. The highest BCUT2D eigenvalue weighted by molar-refractivity contribution is 6.50. The van der Waals surface area contributed by atoms with Gasteiger partial charge in [0.1, 0.15) is 0 Å². The Labute approximate surface area is 233 Å². The minimum Gasteiger partial charge on any atom is -0.785 e. The lowest BCUT2D eigenvalue weighted by atomic mass is 9.70. The van der Waals surface area contributed by atoms with Crippen LogP contribution >= 0.6 is 0 Å². The molecule has 40 heavy (non-hydrogen) atoms. The van der Waals surface area contributed by atoms with Crippen molar-refractivity contribution in [3.05, 3.63) is 58.7 Å². The molecule has 2 aliphatic rings. The smallest absolute Gasteiger partial charge is 0.545 e. The molecule has 4 atom stereocenters. The van der Waals surface area contributed by atoms with Crippen molar-refractivity contribution in [3.63, 3.8) is 0 Å². The van der Waals surface area contributed by atoms with Crippen molar-refractivity contribution in [2.75, 3.05) is 13.1 Å². The number of nitrogens with one attached hydrogen (secondary N) is 1. The van der Waals surface area contributed by atoms with Crippen molar-refractivity contribution in [1.29, 1.82) is 0 Å². The van der Waals surface area contributed by atoms with Gasteiger partial charge in [0, 0.05) is 43.7 Å². The van der Waals surface area contributed by atoms with Gasteiger partial charge in [0.05, 0.1) is 18.4 Å². The summed E-state index contributed by atoms with van der Waals surface area (Å²) in [5.74, 6) is -5.43. The first-order valence-corrected chi connectivity index (χ1v) is 13.0. The number of carbonyl (C=O) groups is 3. The molecule has 0 spiro atoms. The SMILES string of the molecule is CC(C)CC(B1OC(=O)CC(CC(=O)O)(C(=O)O)O1)N([O-])C[C@H](Cc1ccccc1)N([O-])CC1(C)C=NC=CN1. The largest absolute Gasteiger partial charge is 0.785 e. The first kappa shape index (κ1) is 31.2. The van der Waals surface area contributed by atoms with E-state index in [1.165, 1.54) is 0 Å². The predicted molar refractivity (Wildman–Crippen MR) is 147 cm³/mol. The molecule has 0 radical (unpaired) electrons. The second kappa shape index (κ2) is 13.4. The van der Waals surface area contributed by atoms with Crippen LogP contribution in [0.4, 0.5) is 0 Å².